The first-order valence-electron chi connectivity index (χ1n) is 7.60. The first-order chi connectivity index (χ1) is 8.74. The maximum atomic E-state index is 9.33. The average molecular weight is 249 g/mol. The number of hydrogen-bond acceptors (Lipinski definition) is 3. The fourth-order valence-corrected chi connectivity index (χ4v) is 3.54. The lowest BCUT2D eigenvalue weighted by molar-refractivity contribution is 0.0519. The lowest BCUT2D eigenvalue weighted by Gasteiger charge is -2.43. The molecule has 0 spiro atoms. The fourth-order valence-electron chi connectivity index (χ4n) is 3.54. The zero-order valence-corrected chi connectivity index (χ0v) is 11.9. The average Bonchev–Trinajstić information content (AvgIpc) is 2.40. The van der Waals surface area contributed by atoms with Gasteiger partial charge in [0.05, 0.1) is 12.0 Å². The van der Waals surface area contributed by atoms with Gasteiger partial charge in [0.2, 0.25) is 0 Å². The highest BCUT2D eigenvalue weighted by molar-refractivity contribution is 4.98. The van der Waals surface area contributed by atoms with E-state index in [0.29, 0.717) is 6.04 Å². The third-order valence-electron chi connectivity index (χ3n) is 4.66. The summed E-state index contributed by atoms with van der Waals surface area (Å²) in [6, 6.07) is 3.08. The second-order valence-electron chi connectivity index (χ2n) is 6.10. The lowest BCUT2D eigenvalue weighted by Crippen LogP contribution is -2.53. The first kappa shape index (κ1) is 13.8. The van der Waals surface area contributed by atoms with Crippen molar-refractivity contribution in [3.8, 4) is 6.07 Å². The Morgan fingerprint density at radius 3 is 2.50 bits per heavy atom. The van der Waals surface area contributed by atoms with Gasteiger partial charge in [-0.2, -0.15) is 5.26 Å². The van der Waals surface area contributed by atoms with E-state index in [9.17, 15) is 5.26 Å². The van der Waals surface area contributed by atoms with Gasteiger partial charge in [0.25, 0.3) is 0 Å². The Kier molecular flexibility index (Phi) is 5.03. The molecule has 3 heteroatoms. The van der Waals surface area contributed by atoms with E-state index < -0.39 is 0 Å². The zero-order valence-electron chi connectivity index (χ0n) is 11.9. The monoisotopic (exact) mass is 249 g/mol. The summed E-state index contributed by atoms with van der Waals surface area (Å²) in [6.07, 6.45) is 4.83. The van der Waals surface area contributed by atoms with Crippen LogP contribution in [-0.2, 0) is 0 Å². The number of hydrogen-bond donors (Lipinski definition) is 0. The standard InChI is InChI=1S/C15H27N3/c1-3-6-17-7-9-18(10-8-17)15-11-13(2)4-5-14(15)12-16/h13-15H,3-11H2,1-2H3. The van der Waals surface area contributed by atoms with Crippen molar-refractivity contribution in [2.75, 3.05) is 32.7 Å². The molecule has 3 unspecified atom stereocenters. The summed E-state index contributed by atoms with van der Waals surface area (Å²) in [5.74, 6) is 1.08. The molecule has 0 N–H and O–H groups in total. The molecule has 1 aliphatic carbocycles. The first-order valence-corrected chi connectivity index (χ1v) is 7.60. The molecule has 102 valence electrons. The lowest BCUT2D eigenvalue weighted by atomic mass is 9.79. The van der Waals surface area contributed by atoms with Gasteiger partial charge in [0.15, 0.2) is 0 Å². The molecule has 0 amide bonds. The maximum Gasteiger partial charge on any atom is 0.0672 e. The normalized spacial score (nSPS) is 35.3. The highest BCUT2D eigenvalue weighted by atomic mass is 15.3. The molecule has 1 saturated heterocycles. The Hall–Kier alpha value is -0.590. The van der Waals surface area contributed by atoms with Gasteiger partial charge in [-0.1, -0.05) is 13.8 Å². The van der Waals surface area contributed by atoms with Crippen molar-refractivity contribution in [2.24, 2.45) is 11.8 Å². The molecule has 1 saturated carbocycles. The second-order valence-corrected chi connectivity index (χ2v) is 6.10. The van der Waals surface area contributed by atoms with Crippen LogP contribution in [0.5, 0.6) is 0 Å². The van der Waals surface area contributed by atoms with E-state index >= 15 is 0 Å². The molecule has 1 heterocycles. The third kappa shape index (κ3) is 3.24. The van der Waals surface area contributed by atoms with Crippen molar-refractivity contribution in [1.82, 2.24) is 9.80 Å². The van der Waals surface area contributed by atoms with Crippen LogP contribution < -0.4 is 0 Å². The van der Waals surface area contributed by atoms with Crippen LogP contribution in [0.1, 0.15) is 39.5 Å². The van der Waals surface area contributed by atoms with Crippen LogP contribution in [0, 0.1) is 23.2 Å². The molecule has 0 aromatic rings. The highest BCUT2D eigenvalue weighted by Gasteiger charge is 2.34. The van der Waals surface area contributed by atoms with Crippen LogP contribution in [0.3, 0.4) is 0 Å². The summed E-state index contributed by atoms with van der Waals surface area (Å²) in [6.45, 7) is 10.5. The summed E-state index contributed by atoms with van der Waals surface area (Å²) < 4.78 is 0. The molecule has 2 aliphatic rings. The molecular formula is C15H27N3. The minimum atomic E-state index is 0.277. The summed E-state index contributed by atoms with van der Waals surface area (Å²) in [4.78, 5) is 5.15. The third-order valence-corrected chi connectivity index (χ3v) is 4.66. The van der Waals surface area contributed by atoms with E-state index in [4.69, 9.17) is 0 Å². The molecule has 2 fully saturated rings. The van der Waals surface area contributed by atoms with E-state index in [1.165, 1.54) is 38.9 Å². The summed E-state index contributed by atoms with van der Waals surface area (Å²) in [5.41, 5.74) is 0. The van der Waals surface area contributed by atoms with Crippen molar-refractivity contribution >= 4 is 0 Å². The summed E-state index contributed by atoms with van der Waals surface area (Å²) >= 11 is 0. The second kappa shape index (κ2) is 6.54. The molecule has 2 rings (SSSR count). The Morgan fingerprint density at radius 2 is 1.89 bits per heavy atom. The Bertz CT molecular complexity index is 289. The van der Waals surface area contributed by atoms with Crippen LogP contribution in [0.15, 0.2) is 0 Å². The van der Waals surface area contributed by atoms with E-state index in [-0.39, 0.29) is 5.92 Å². The van der Waals surface area contributed by atoms with E-state index in [0.717, 1.165) is 25.4 Å². The zero-order chi connectivity index (χ0) is 13.0. The summed E-state index contributed by atoms with van der Waals surface area (Å²) in [7, 11) is 0. The van der Waals surface area contributed by atoms with Gasteiger partial charge >= 0.3 is 0 Å². The molecule has 0 bridgehead atoms. The minimum Gasteiger partial charge on any atom is -0.301 e. The van der Waals surface area contributed by atoms with Gasteiger partial charge < -0.3 is 4.90 Å². The quantitative estimate of drug-likeness (QED) is 0.769. The molecule has 0 aromatic heterocycles. The molecule has 0 aromatic carbocycles. The topological polar surface area (TPSA) is 30.3 Å². The summed E-state index contributed by atoms with van der Waals surface area (Å²) in [5, 5.41) is 9.33. The molecule has 18 heavy (non-hydrogen) atoms. The van der Waals surface area contributed by atoms with Crippen LogP contribution in [0.4, 0.5) is 0 Å². The minimum absolute atomic E-state index is 0.277. The van der Waals surface area contributed by atoms with Crippen molar-refractivity contribution in [2.45, 2.75) is 45.6 Å². The van der Waals surface area contributed by atoms with Gasteiger partial charge in [-0.3, -0.25) is 4.90 Å². The highest BCUT2D eigenvalue weighted by Crippen LogP contribution is 2.32. The van der Waals surface area contributed by atoms with Crippen molar-refractivity contribution < 1.29 is 0 Å². The van der Waals surface area contributed by atoms with Crippen LogP contribution in [-0.4, -0.2) is 48.6 Å². The molecule has 1 aliphatic heterocycles. The predicted octanol–water partition coefficient (Wildman–Crippen LogP) is 2.34. The Balaban J connectivity index is 1.89. The molecule has 0 radical (unpaired) electrons. The predicted molar refractivity (Wildman–Crippen MR) is 74.2 cm³/mol. The van der Waals surface area contributed by atoms with Gasteiger partial charge in [-0.15, -0.1) is 0 Å². The number of nitrogens with zero attached hydrogens (tertiary/aromatic N) is 3. The number of nitriles is 1. The van der Waals surface area contributed by atoms with Gasteiger partial charge in [0, 0.05) is 32.2 Å². The van der Waals surface area contributed by atoms with E-state index in [1.54, 1.807) is 0 Å². The van der Waals surface area contributed by atoms with Crippen LogP contribution in [0.25, 0.3) is 0 Å². The van der Waals surface area contributed by atoms with Crippen molar-refractivity contribution in [3.05, 3.63) is 0 Å². The van der Waals surface area contributed by atoms with Crippen molar-refractivity contribution in [1.29, 1.82) is 5.26 Å². The number of rotatable bonds is 3. The number of piperazine rings is 1. The van der Waals surface area contributed by atoms with Gasteiger partial charge in [0.1, 0.15) is 0 Å². The fraction of sp³-hybridized carbons (Fsp3) is 0.933. The molecule has 3 atom stereocenters. The van der Waals surface area contributed by atoms with Gasteiger partial charge in [-0.05, 0) is 38.1 Å². The van der Waals surface area contributed by atoms with E-state index in [2.05, 4.69) is 29.7 Å². The molecular weight excluding hydrogens is 222 g/mol. The van der Waals surface area contributed by atoms with Crippen LogP contribution >= 0.6 is 0 Å². The maximum absolute atomic E-state index is 9.33. The smallest absolute Gasteiger partial charge is 0.0672 e. The SMILES string of the molecule is CCCN1CCN(C2CC(C)CCC2C#N)CC1. The van der Waals surface area contributed by atoms with Crippen LogP contribution in [0.2, 0.25) is 0 Å². The van der Waals surface area contributed by atoms with Gasteiger partial charge in [-0.25, -0.2) is 0 Å². The van der Waals surface area contributed by atoms with E-state index in [1.807, 2.05) is 0 Å². The van der Waals surface area contributed by atoms with Crippen molar-refractivity contribution in [3.63, 3.8) is 0 Å². The largest absolute Gasteiger partial charge is 0.301 e. The molecule has 3 nitrogen and oxygen atoms in total. The Morgan fingerprint density at radius 1 is 1.17 bits per heavy atom. The Labute approximate surface area is 112 Å².